The van der Waals surface area contributed by atoms with Crippen molar-refractivity contribution in [3.63, 3.8) is 0 Å². The number of hydrogen-bond acceptors (Lipinski definition) is 2. The minimum absolute atomic E-state index is 0.414. The molecule has 0 unspecified atom stereocenters. The molecule has 0 aromatic heterocycles. The summed E-state index contributed by atoms with van der Waals surface area (Å²) in [6.07, 6.45) is 2.88. The van der Waals surface area contributed by atoms with E-state index < -0.39 is 24.7 Å². The predicted octanol–water partition coefficient (Wildman–Crippen LogP) is 7.68. The summed E-state index contributed by atoms with van der Waals surface area (Å²) in [6, 6.07) is 0. The Labute approximate surface area is 186 Å². The minimum atomic E-state index is -3.59. The summed E-state index contributed by atoms with van der Waals surface area (Å²) >= 11 is 0. The Hall–Kier alpha value is -1.61. The van der Waals surface area contributed by atoms with E-state index in [4.69, 9.17) is 0 Å². The first-order chi connectivity index (χ1) is 13.5. The lowest BCUT2D eigenvalue weighted by atomic mass is 9.53. The van der Waals surface area contributed by atoms with E-state index in [1.54, 1.807) is 0 Å². The maximum Gasteiger partial charge on any atom is 0.164 e. The molecular formula is C27H42O2S. The molecule has 0 aliphatic carbocycles. The third kappa shape index (κ3) is 4.10. The molecule has 0 atom stereocenters. The molecule has 1 heterocycles. The molecule has 0 bridgehead atoms. The molecule has 0 N–H and O–H groups in total. The van der Waals surface area contributed by atoms with E-state index in [0.29, 0.717) is 38.5 Å². The molecule has 168 valence electrons. The van der Waals surface area contributed by atoms with Crippen LogP contribution in [0.3, 0.4) is 0 Å². The third-order valence-electron chi connectivity index (χ3n) is 6.33. The molecule has 3 heteroatoms. The molecule has 2 nitrogen and oxygen atoms in total. The summed E-state index contributed by atoms with van der Waals surface area (Å²) in [5, 5.41) is 0. The van der Waals surface area contributed by atoms with Crippen LogP contribution in [-0.4, -0.2) is 17.9 Å². The number of sulfone groups is 1. The predicted molar refractivity (Wildman–Crippen MR) is 133 cm³/mol. The summed E-state index contributed by atoms with van der Waals surface area (Å²) in [5.74, 6) is 0. The Morgan fingerprint density at radius 2 is 0.700 bits per heavy atom. The van der Waals surface area contributed by atoms with Gasteiger partial charge in [-0.3, -0.25) is 0 Å². The first kappa shape index (κ1) is 26.4. The van der Waals surface area contributed by atoms with Gasteiger partial charge in [0.2, 0.25) is 0 Å². The van der Waals surface area contributed by atoms with E-state index in [1.807, 2.05) is 41.5 Å². The van der Waals surface area contributed by atoms with Gasteiger partial charge in [-0.15, -0.1) is 39.5 Å². The minimum Gasteiger partial charge on any atom is -0.228 e. The Morgan fingerprint density at radius 1 is 0.500 bits per heavy atom. The standard InChI is InChI=1S/C27H42O2S/c1-19(2)13-25(14-20(3)4)26(15-21(5)6,16-22(7)8)30(28,29)27(25,17-23(9)10)18-24(11)12/h1,3,5,7,9,11,13-18H2,2,4,6,8,10,12H3. The van der Waals surface area contributed by atoms with Crippen molar-refractivity contribution in [2.75, 3.05) is 0 Å². The quantitative estimate of drug-likeness (QED) is 0.298. The Bertz CT molecular complexity index is 795. The second-order valence-electron chi connectivity index (χ2n) is 10.4. The van der Waals surface area contributed by atoms with E-state index >= 15 is 0 Å². The van der Waals surface area contributed by atoms with E-state index in [1.165, 1.54) is 0 Å². The number of hydrogen-bond donors (Lipinski definition) is 0. The second-order valence-corrected chi connectivity index (χ2v) is 12.9. The zero-order valence-corrected chi connectivity index (χ0v) is 21.0. The lowest BCUT2D eigenvalue weighted by Gasteiger charge is -2.71. The molecule has 0 amide bonds. The van der Waals surface area contributed by atoms with Crippen molar-refractivity contribution in [1.82, 2.24) is 0 Å². The largest absolute Gasteiger partial charge is 0.228 e. The van der Waals surface area contributed by atoms with E-state index in [0.717, 1.165) is 33.4 Å². The van der Waals surface area contributed by atoms with Crippen LogP contribution in [0.15, 0.2) is 72.9 Å². The summed E-state index contributed by atoms with van der Waals surface area (Å²) in [6.45, 7) is 36.5. The molecule has 0 saturated carbocycles. The van der Waals surface area contributed by atoms with E-state index in [9.17, 15) is 8.42 Å². The van der Waals surface area contributed by atoms with Crippen LogP contribution in [0.1, 0.15) is 80.1 Å². The van der Waals surface area contributed by atoms with Gasteiger partial charge in [0.05, 0.1) is 9.49 Å². The maximum absolute atomic E-state index is 14.5. The Kier molecular flexibility index (Phi) is 7.81. The normalized spacial score (nSPS) is 19.9. The maximum atomic E-state index is 14.5. The topological polar surface area (TPSA) is 34.1 Å². The van der Waals surface area contributed by atoms with Gasteiger partial charge in [-0.1, -0.05) is 33.4 Å². The van der Waals surface area contributed by atoms with Gasteiger partial charge in [0.15, 0.2) is 9.84 Å². The summed E-state index contributed by atoms with van der Waals surface area (Å²) < 4.78 is 27.0. The van der Waals surface area contributed by atoms with Crippen molar-refractivity contribution in [3.05, 3.63) is 72.9 Å². The van der Waals surface area contributed by atoms with Crippen LogP contribution < -0.4 is 0 Å². The molecule has 0 radical (unpaired) electrons. The molecule has 1 aliphatic rings. The highest BCUT2D eigenvalue weighted by Crippen LogP contribution is 2.74. The van der Waals surface area contributed by atoms with Crippen LogP contribution in [0.25, 0.3) is 0 Å². The SMILES string of the molecule is C=C(C)CC1(CC(=C)C)C(CC(=C)C)(CC(=C)C)S(=O)(=O)C1(CC(=C)C)CC(=C)C. The fourth-order valence-electron chi connectivity index (χ4n) is 6.13. The van der Waals surface area contributed by atoms with Gasteiger partial charge in [-0.2, -0.15) is 0 Å². The highest BCUT2D eigenvalue weighted by molar-refractivity contribution is 7.96. The van der Waals surface area contributed by atoms with Crippen LogP contribution in [-0.2, 0) is 9.84 Å². The van der Waals surface area contributed by atoms with Gasteiger partial charge >= 0.3 is 0 Å². The van der Waals surface area contributed by atoms with Gasteiger partial charge in [-0.25, -0.2) is 8.42 Å². The Balaban J connectivity index is 4.17. The number of allylic oxidation sites excluding steroid dienone is 6. The zero-order chi connectivity index (χ0) is 23.7. The van der Waals surface area contributed by atoms with Crippen molar-refractivity contribution in [2.45, 2.75) is 89.6 Å². The summed E-state index contributed by atoms with van der Waals surface area (Å²) in [5.41, 5.74) is 4.85. The van der Waals surface area contributed by atoms with Gasteiger partial charge in [0.1, 0.15) is 0 Å². The molecule has 0 aromatic carbocycles. The molecule has 1 aliphatic heterocycles. The number of rotatable bonds is 12. The molecule has 1 saturated heterocycles. The first-order valence-corrected chi connectivity index (χ1v) is 12.1. The van der Waals surface area contributed by atoms with Crippen molar-refractivity contribution in [3.8, 4) is 0 Å². The van der Waals surface area contributed by atoms with E-state index in [-0.39, 0.29) is 0 Å². The van der Waals surface area contributed by atoms with Crippen LogP contribution in [0.4, 0.5) is 0 Å². The van der Waals surface area contributed by atoms with Gasteiger partial charge in [-0.05, 0) is 80.1 Å². The molecule has 1 fully saturated rings. The smallest absolute Gasteiger partial charge is 0.164 e. The average Bonchev–Trinajstić information content (AvgIpc) is 2.48. The Morgan fingerprint density at radius 3 is 0.867 bits per heavy atom. The van der Waals surface area contributed by atoms with Crippen molar-refractivity contribution in [1.29, 1.82) is 0 Å². The highest BCUT2D eigenvalue weighted by atomic mass is 32.2. The van der Waals surface area contributed by atoms with Crippen LogP contribution in [0, 0.1) is 5.41 Å². The molecule has 1 rings (SSSR count). The molecule has 0 spiro atoms. The van der Waals surface area contributed by atoms with Crippen molar-refractivity contribution in [2.24, 2.45) is 5.41 Å². The highest BCUT2D eigenvalue weighted by Gasteiger charge is 2.82. The average molecular weight is 431 g/mol. The third-order valence-corrected chi connectivity index (χ3v) is 9.75. The van der Waals surface area contributed by atoms with Gasteiger partial charge in [0.25, 0.3) is 0 Å². The van der Waals surface area contributed by atoms with Crippen molar-refractivity contribution >= 4 is 9.84 Å². The fourth-order valence-corrected chi connectivity index (χ4v) is 10.2. The van der Waals surface area contributed by atoms with Crippen LogP contribution in [0.5, 0.6) is 0 Å². The van der Waals surface area contributed by atoms with Gasteiger partial charge < -0.3 is 0 Å². The van der Waals surface area contributed by atoms with Crippen LogP contribution in [0.2, 0.25) is 0 Å². The van der Waals surface area contributed by atoms with E-state index in [2.05, 4.69) is 39.5 Å². The second kappa shape index (κ2) is 8.86. The summed E-state index contributed by atoms with van der Waals surface area (Å²) in [4.78, 5) is 0. The molecule has 0 aromatic rings. The molecular weight excluding hydrogens is 388 g/mol. The lowest BCUT2D eigenvalue weighted by Crippen LogP contribution is -2.81. The van der Waals surface area contributed by atoms with Crippen LogP contribution >= 0.6 is 0 Å². The van der Waals surface area contributed by atoms with Crippen molar-refractivity contribution < 1.29 is 8.42 Å². The monoisotopic (exact) mass is 430 g/mol. The lowest BCUT2D eigenvalue weighted by molar-refractivity contribution is 0.0524. The zero-order valence-electron chi connectivity index (χ0n) is 20.2. The molecule has 30 heavy (non-hydrogen) atoms. The fraction of sp³-hybridized carbons (Fsp3) is 0.556. The van der Waals surface area contributed by atoms with Gasteiger partial charge in [0, 0.05) is 5.41 Å². The first-order valence-electron chi connectivity index (χ1n) is 10.6. The summed E-state index contributed by atoms with van der Waals surface area (Å²) in [7, 11) is -3.59.